The van der Waals surface area contributed by atoms with E-state index >= 15 is 0 Å². The fourth-order valence-electron chi connectivity index (χ4n) is 6.01. The Morgan fingerprint density at radius 3 is 0.917 bits per heavy atom. The molecule has 0 spiro atoms. The smallest absolute Gasteiger partial charge is 0.0110 e. The van der Waals surface area contributed by atoms with Crippen molar-refractivity contribution in [3.05, 3.63) is 34.9 Å². The van der Waals surface area contributed by atoms with E-state index in [-0.39, 0.29) is 0 Å². The molecule has 1 aromatic rings. The molecule has 3 heterocycles. The van der Waals surface area contributed by atoms with Crippen molar-refractivity contribution in [1.82, 2.24) is 29.4 Å². The molecule has 6 heteroatoms. The van der Waals surface area contributed by atoms with Crippen LogP contribution in [0.5, 0.6) is 0 Å². The summed E-state index contributed by atoms with van der Waals surface area (Å²) in [5.74, 6) is 0. The number of aryl methyl sites for hydroxylation is 3. The van der Waals surface area contributed by atoms with Gasteiger partial charge in [0.15, 0.2) is 0 Å². The summed E-state index contributed by atoms with van der Waals surface area (Å²) in [6, 6.07) is 7.62. The molecule has 0 bridgehead atoms. The van der Waals surface area contributed by atoms with Crippen molar-refractivity contribution in [1.29, 1.82) is 0 Å². The van der Waals surface area contributed by atoms with Crippen molar-refractivity contribution in [2.75, 3.05) is 119 Å². The number of rotatable bonds is 12. The topological polar surface area (TPSA) is 19.4 Å². The van der Waals surface area contributed by atoms with Gasteiger partial charge in [0.25, 0.3) is 0 Å². The summed E-state index contributed by atoms with van der Waals surface area (Å²) in [6.45, 7) is 18.5. The van der Waals surface area contributed by atoms with E-state index in [9.17, 15) is 0 Å². The molecule has 1 aromatic carbocycles. The highest BCUT2D eigenvalue weighted by molar-refractivity contribution is 5.31. The van der Waals surface area contributed by atoms with Gasteiger partial charge in [-0.3, -0.25) is 0 Å². The highest BCUT2D eigenvalue weighted by atomic mass is 15.3. The minimum Gasteiger partial charge on any atom is -0.304 e. The van der Waals surface area contributed by atoms with Crippen LogP contribution in [0.25, 0.3) is 0 Å². The highest BCUT2D eigenvalue weighted by Crippen LogP contribution is 2.17. The summed E-state index contributed by atoms with van der Waals surface area (Å²) < 4.78 is 0. The predicted molar refractivity (Wildman–Crippen MR) is 153 cm³/mol. The quantitative estimate of drug-likeness (QED) is 0.437. The molecule has 36 heavy (non-hydrogen) atoms. The van der Waals surface area contributed by atoms with E-state index in [1.165, 1.54) is 137 Å². The minimum atomic E-state index is 1.22. The molecule has 4 rings (SSSR count). The zero-order valence-electron chi connectivity index (χ0n) is 23.8. The fraction of sp³-hybridized carbons (Fsp3) is 0.800. The average Bonchev–Trinajstić information content (AvgIpc) is 2.88. The SMILES string of the molecule is CN1CCN(CCCc2cc(CCCN3CCN(C)CC3)cc(CCCN3CCN(C)CC3)c2)CC1. The molecular weight excluding hydrogens is 444 g/mol. The second-order valence-electron chi connectivity index (χ2n) is 11.9. The Morgan fingerprint density at radius 2 is 0.667 bits per heavy atom. The molecule has 0 radical (unpaired) electrons. The van der Waals surface area contributed by atoms with Crippen molar-refractivity contribution in [2.45, 2.75) is 38.5 Å². The Kier molecular flexibility index (Phi) is 11.5. The second-order valence-corrected chi connectivity index (χ2v) is 11.9. The number of benzene rings is 1. The predicted octanol–water partition coefficient (Wildman–Crippen LogP) is 2.23. The number of piperazine rings is 3. The van der Waals surface area contributed by atoms with Crippen LogP contribution in [-0.4, -0.2) is 149 Å². The van der Waals surface area contributed by atoms with E-state index in [1.54, 1.807) is 16.7 Å². The monoisotopic (exact) mass is 498 g/mol. The van der Waals surface area contributed by atoms with Crippen LogP contribution in [0.4, 0.5) is 0 Å². The van der Waals surface area contributed by atoms with E-state index < -0.39 is 0 Å². The van der Waals surface area contributed by atoms with Crippen LogP contribution in [0.15, 0.2) is 18.2 Å². The molecule has 0 aliphatic carbocycles. The zero-order chi connectivity index (χ0) is 25.2. The molecule has 3 fully saturated rings. The minimum absolute atomic E-state index is 1.22. The largest absolute Gasteiger partial charge is 0.304 e. The summed E-state index contributed by atoms with van der Waals surface area (Å²) in [4.78, 5) is 15.4. The van der Waals surface area contributed by atoms with Crippen LogP contribution in [0.2, 0.25) is 0 Å². The van der Waals surface area contributed by atoms with Gasteiger partial charge in [0.05, 0.1) is 0 Å². The Hall–Kier alpha value is -1.02. The van der Waals surface area contributed by atoms with Gasteiger partial charge < -0.3 is 29.4 Å². The number of hydrogen-bond acceptors (Lipinski definition) is 6. The first-order chi connectivity index (χ1) is 17.5. The molecule has 204 valence electrons. The van der Waals surface area contributed by atoms with E-state index in [0.717, 1.165) is 0 Å². The summed E-state index contributed by atoms with van der Waals surface area (Å²) in [6.07, 6.45) is 7.54. The van der Waals surface area contributed by atoms with E-state index in [0.29, 0.717) is 0 Å². The first-order valence-electron chi connectivity index (χ1n) is 14.9. The number of nitrogens with zero attached hydrogens (tertiary/aromatic N) is 6. The lowest BCUT2D eigenvalue weighted by molar-refractivity contribution is 0.152. The second kappa shape index (κ2) is 14.8. The van der Waals surface area contributed by atoms with Gasteiger partial charge in [-0.25, -0.2) is 0 Å². The van der Waals surface area contributed by atoms with Gasteiger partial charge >= 0.3 is 0 Å². The standard InChI is InChI=1S/C30H54N6/c1-31-13-19-34(20-14-31)10-4-7-28-25-29(8-5-11-35-21-15-32(2)16-22-35)27-30(26-28)9-6-12-36-23-17-33(3)18-24-36/h25-27H,4-24H2,1-3H3. The van der Waals surface area contributed by atoms with Crippen LogP contribution in [0.1, 0.15) is 36.0 Å². The average molecular weight is 499 g/mol. The summed E-state index contributed by atoms with van der Waals surface area (Å²) in [5, 5.41) is 0. The molecule has 0 saturated carbocycles. The molecule has 0 amide bonds. The molecule has 6 nitrogen and oxygen atoms in total. The van der Waals surface area contributed by atoms with Gasteiger partial charge in [0.1, 0.15) is 0 Å². The highest BCUT2D eigenvalue weighted by Gasteiger charge is 2.15. The van der Waals surface area contributed by atoms with Crippen molar-refractivity contribution in [3.8, 4) is 0 Å². The Balaban J connectivity index is 1.27. The van der Waals surface area contributed by atoms with E-state index in [1.807, 2.05) is 0 Å². The molecule has 3 aliphatic rings. The summed E-state index contributed by atoms with van der Waals surface area (Å²) in [7, 11) is 6.74. The van der Waals surface area contributed by atoms with Gasteiger partial charge in [-0.1, -0.05) is 18.2 Å². The Morgan fingerprint density at radius 1 is 0.417 bits per heavy atom. The maximum atomic E-state index is 2.66. The van der Waals surface area contributed by atoms with Crippen LogP contribution in [-0.2, 0) is 19.3 Å². The van der Waals surface area contributed by atoms with Crippen LogP contribution in [0, 0.1) is 0 Å². The fourth-order valence-corrected chi connectivity index (χ4v) is 6.01. The molecular formula is C30H54N6. The molecule has 3 aliphatic heterocycles. The third-order valence-corrected chi connectivity index (χ3v) is 8.72. The van der Waals surface area contributed by atoms with Gasteiger partial charge in [-0.2, -0.15) is 0 Å². The molecule has 0 unspecified atom stereocenters. The Bertz CT molecular complexity index is 634. The molecule has 3 saturated heterocycles. The third-order valence-electron chi connectivity index (χ3n) is 8.72. The number of hydrogen-bond donors (Lipinski definition) is 0. The van der Waals surface area contributed by atoms with Crippen molar-refractivity contribution in [2.24, 2.45) is 0 Å². The lowest BCUT2D eigenvalue weighted by Gasteiger charge is -2.32. The molecule has 0 N–H and O–H groups in total. The molecule has 0 atom stereocenters. The summed E-state index contributed by atoms with van der Waals surface area (Å²) in [5.41, 5.74) is 4.74. The normalized spacial score (nSPS) is 22.4. The van der Waals surface area contributed by atoms with Crippen LogP contribution >= 0.6 is 0 Å². The van der Waals surface area contributed by atoms with Crippen molar-refractivity contribution < 1.29 is 0 Å². The van der Waals surface area contributed by atoms with Gasteiger partial charge in [-0.15, -0.1) is 0 Å². The van der Waals surface area contributed by atoms with Crippen LogP contribution in [0.3, 0.4) is 0 Å². The lowest BCUT2D eigenvalue weighted by Crippen LogP contribution is -2.44. The first kappa shape index (κ1) is 28.0. The van der Waals surface area contributed by atoms with Crippen molar-refractivity contribution >= 4 is 0 Å². The molecule has 0 aromatic heterocycles. The number of likely N-dealkylation sites (N-methyl/N-ethyl adjacent to an activating group) is 3. The van der Waals surface area contributed by atoms with Crippen LogP contribution < -0.4 is 0 Å². The third kappa shape index (κ3) is 9.70. The first-order valence-corrected chi connectivity index (χ1v) is 14.9. The maximum Gasteiger partial charge on any atom is 0.0110 e. The van der Waals surface area contributed by atoms with E-state index in [4.69, 9.17) is 0 Å². The maximum absolute atomic E-state index is 2.66. The van der Waals surface area contributed by atoms with Gasteiger partial charge in [0.2, 0.25) is 0 Å². The van der Waals surface area contributed by atoms with Gasteiger partial charge in [0, 0.05) is 78.5 Å². The lowest BCUT2D eigenvalue weighted by atomic mass is 9.97. The van der Waals surface area contributed by atoms with Gasteiger partial charge in [-0.05, 0) is 96.0 Å². The zero-order valence-corrected chi connectivity index (χ0v) is 23.8. The van der Waals surface area contributed by atoms with Crippen molar-refractivity contribution in [3.63, 3.8) is 0 Å². The van der Waals surface area contributed by atoms with E-state index in [2.05, 4.69) is 68.7 Å². The summed E-state index contributed by atoms with van der Waals surface area (Å²) >= 11 is 0. The Labute approximate surface area is 222 Å².